The van der Waals surface area contributed by atoms with Crippen LogP contribution in [-0.4, -0.2) is 13.1 Å². The molecule has 0 aromatic heterocycles. The average molecular weight is 262 g/mol. The standard InChI is InChI=1S/C16H22O3/c1-6-12-8-9-13(14(10-12)18-5)19-15(17)11-16(3,4)7-2/h6,8-10H,1,7,11H2,2-5H3. The van der Waals surface area contributed by atoms with Crippen LogP contribution in [0.2, 0.25) is 0 Å². The topological polar surface area (TPSA) is 35.5 Å². The van der Waals surface area contributed by atoms with Crippen molar-refractivity contribution >= 4 is 12.0 Å². The van der Waals surface area contributed by atoms with Gasteiger partial charge in [-0.2, -0.15) is 0 Å². The number of hydrogen-bond donors (Lipinski definition) is 0. The average Bonchev–Trinajstić information content (AvgIpc) is 2.38. The summed E-state index contributed by atoms with van der Waals surface area (Å²) in [6, 6.07) is 5.36. The first kappa shape index (κ1) is 15.3. The first-order valence-corrected chi connectivity index (χ1v) is 6.43. The molecular weight excluding hydrogens is 240 g/mol. The zero-order valence-electron chi connectivity index (χ0n) is 12.2. The van der Waals surface area contributed by atoms with E-state index in [1.165, 1.54) is 0 Å². The lowest BCUT2D eigenvalue weighted by Crippen LogP contribution is -2.20. The summed E-state index contributed by atoms with van der Waals surface area (Å²) in [5, 5.41) is 0. The highest BCUT2D eigenvalue weighted by molar-refractivity contribution is 5.74. The van der Waals surface area contributed by atoms with Crippen molar-refractivity contribution in [2.24, 2.45) is 5.41 Å². The minimum Gasteiger partial charge on any atom is -0.493 e. The maximum absolute atomic E-state index is 11.9. The molecule has 1 aromatic carbocycles. The van der Waals surface area contributed by atoms with E-state index in [1.54, 1.807) is 25.3 Å². The van der Waals surface area contributed by atoms with E-state index in [-0.39, 0.29) is 11.4 Å². The smallest absolute Gasteiger partial charge is 0.311 e. The Balaban J connectivity index is 2.82. The molecule has 0 N–H and O–H groups in total. The second kappa shape index (κ2) is 6.41. The van der Waals surface area contributed by atoms with Crippen molar-refractivity contribution in [2.45, 2.75) is 33.6 Å². The second-order valence-electron chi connectivity index (χ2n) is 5.28. The number of carbonyl (C=O) groups is 1. The lowest BCUT2D eigenvalue weighted by Gasteiger charge is -2.21. The van der Waals surface area contributed by atoms with Crippen LogP contribution in [-0.2, 0) is 4.79 Å². The van der Waals surface area contributed by atoms with Crippen LogP contribution in [0.15, 0.2) is 24.8 Å². The summed E-state index contributed by atoms with van der Waals surface area (Å²) in [7, 11) is 1.55. The molecule has 0 aliphatic rings. The summed E-state index contributed by atoms with van der Waals surface area (Å²) < 4.78 is 10.6. The van der Waals surface area contributed by atoms with Crippen LogP contribution in [0, 0.1) is 5.41 Å². The summed E-state index contributed by atoms with van der Waals surface area (Å²) in [6.07, 6.45) is 3.03. The molecule has 0 unspecified atom stereocenters. The van der Waals surface area contributed by atoms with Crippen molar-refractivity contribution < 1.29 is 14.3 Å². The quantitative estimate of drug-likeness (QED) is 0.572. The van der Waals surface area contributed by atoms with Crippen molar-refractivity contribution in [3.63, 3.8) is 0 Å². The number of hydrogen-bond acceptors (Lipinski definition) is 3. The Labute approximate surface area is 115 Å². The molecule has 0 aliphatic carbocycles. The van der Waals surface area contributed by atoms with Crippen LogP contribution in [0.1, 0.15) is 39.2 Å². The molecular formula is C16H22O3. The Morgan fingerprint density at radius 1 is 1.37 bits per heavy atom. The number of esters is 1. The Hall–Kier alpha value is -1.77. The van der Waals surface area contributed by atoms with Gasteiger partial charge in [0.15, 0.2) is 11.5 Å². The summed E-state index contributed by atoms with van der Waals surface area (Å²) in [5.41, 5.74) is 0.872. The fourth-order valence-corrected chi connectivity index (χ4v) is 1.57. The first-order chi connectivity index (χ1) is 8.91. The summed E-state index contributed by atoms with van der Waals surface area (Å²) in [5.74, 6) is 0.751. The molecule has 0 heterocycles. The fraction of sp³-hybridized carbons (Fsp3) is 0.438. The number of rotatable bonds is 6. The van der Waals surface area contributed by atoms with Crippen molar-refractivity contribution in [3.8, 4) is 11.5 Å². The van der Waals surface area contributed by atoms with Crippen molar-refractivity contribution in [1.82, 2.24) is 0 Å². The van der Waals surface area contributed by atoms with Gasteiger partial charge in [-0.1, -0.05) is 45.9 Å². The predicted molar refractivity (Wildman–Crippen MR) is 77.4 cm³/mol. The summed E-state index contributed by atoms with van der Waals surface area (Å²) >= 11 is 0. The van der Waals surface area contributed by atoms with E-state index in [0.29, 0.717) is 17.9 Å². The van der Waals surface area contributed by atoms with Crippen LogP contribution >= 0.6 is 0 Å². The van der Waals surface area contributed by atoms with Gasteiger partial charge in [0.1, 0.15) is 0 Å². The Morgan fingerprint density at radius 3 is 2.58 bits per heavy atom. The van der Waals surface area contributed by atoms with E-state index < -0.39 is 0 Å². The molecule has 0 radical (unpaired) electrons. The van der Waals surface area contributed by atoms with E-state index in [1.807, 2.05) is 19.9 Å². The maximum atomic E-state index is 11.9. The molecule has 19 heavy (non-hydrogen) atoms. The summed E-state index contributed by atoms with van der Waals surface area (Å²) in [4.78, 5) is 11.9. The molecule has 0 saturated carbocycles. The van der Waals surface area contributed by atoms with Gasteiger partial charge in [0.25, 0.3) is 0 Å². The van der Waals surface area contributed by atoms with E-state index >= 15 is 0 Å². The highest BCUT2D eigenvalue weighted by Gasteiger charge is 2.22. The van der Waals surface area contributed by atoms with Gasteiger partial charge in [0.2, 0.25) is 0 Å². The van der Waals surface area contributed by atoms with Crippen LogP contribution in [0.3, 0.4) is 0 Å². The molecule has 0 aliphatic heterocycles. The highest BCUT2D eigenvalue weighted by atomic mass is 16.6. The van der Waals surface area contributed by atoms with E-state index in [4.69, 9.17) is 9.47 Å². The molecule has 0 amide bonds. The lowest BCUT2D eigenvalue weighted by atomic mass is 9.87. The van der Waals surface area contributed by atoms with Gasteiger partial charge in [0.05, 0.1) is 13.5 Å². The molecule has 0 bridgehead atoms. The van der Waals surface area contributed by atoms with E-state index in [0.717, 1.165) is 12.0 Å². The number of carbonyl (C=O) groups excluding carboxylic acids is 1. The van der Waals surface area contributed by atoms with Gasteiger partial charge in [-0.05, 0) is 23.1 Å². The Kier molecular flexibility index (Phi) is 5.16. The predicted octanol–water partition coefficient (Wildman–Crippen LogP) is 4.07. The fourth-order valence-electron chi connectivity index (χ4n) is 1.57. The highest BCUT2D eigenvalue weighted by Crippen LogP contribution is 2.31. The molecule has 0 fully saturated rings. The summed E-state index contributed by atoms with van der Waals surface area (Å²) in [6.45, 7) is 9.85. The molecule has 3 heteroatoms. The minimum atomic E-state index is -0.239. The monoisotopic (exact) mass is 262 g/mol. The Morgan fingerprint density at radius 2 is 2.05 bits per heavy atom. The third-order valence-corrected chi connectivity index (χ3v) is 3.23. The second-order valence-corrected chi connectivity index (χ2v) is 5.28. The zero-order valence-corrected chi connectivity index (χ0v) is 12.2. The van der Waals surface area contributed by atoms with Gasteiger partial charge < -0.3 is 9.47 Å². The van der Waals surface area contributed by atoms with Gasteiger partial charge in [-0.15, -0.1) is 0 Å². The molecule has 1 aromatic rings. The minimum absolute atomic E-state index is 0.0502. The molecule has 104 valence electrons. The van der Waals surface area contributed by atoms with Crippen molar-refractivity contribution in [2.75, 3.05) is 7.11 Å². The number of benzene rings is 1. The third kappa shape index (κ3) is 4.43. The lowest BCUT2D eigenvalue weighted by molar-refractivity contribution is -0.136. The maximum Gasteiger partial charge on any atom is 0.311 e. The molecule has 0 atom stereocenters. The Bertz CT molecular complexity index is 461. The van der Waals surface area contributed by atoms with Gasteiger partial charge in [0, 0.05) is 0 Å². The molecule has 0 spiro atoms. The van der Waals surface area contributed by atoms with Crippen LogP contribution in [0.4, 0.5) is 0 Å². The van der Waals surface area contributed by atoms with Crippen molar-refractivity contribution in [1.29, 1.82) is 0 Å². The molecule has 0 saturated heterocycles. The van der Waals surface area contributed by atoms with E-state index in [9.17, 15) is 4.79 Å². The first-order valence-electron chi connectivity index (χ1n) is 6.43. The number of methoxy groups -OCH3 is 1. The van der Waals surface area contributed by atoms with Crippen LogP contribution < -0.4 is 9.47 Å². The van der Waals surface area contributed by atoms with Crippen LogP contribution in [0.25, 0.3) is 6.08 Å². The SMILES string of the molecule is C=Cc1ccc(OC(=O)CC(C)(C)CC)c(OC)c1. The number of ether oxygens (including phenoxy) is 2. The van der Waals surface area contributed by atoms with Crippen LogP contribution in [0.5, 0.6) is 11.5 Å². The van der Waals surface area contributed by atoms with Gasteiger partial charge in [-0.3, -0.25) is 4.79 Å². The largest absolute Gasteiger partial charge is 0.493 e. The van der Waals surface area contributed by atoms with Gasteiger partial charge in [-0.25, -0.2) is 0 Å². The molecule has 1 rings (SSSR count). The molecule has 3 nitrogen and oxygen atoms in total. The normalized spacial score (nSPS) is 10.9. The van der Waals surface area contributed by atoms with Gasteiger partial charge >= 0.3 is 5.97 Å². The van der Waals surface area contributed by atoms with E-state index in [2.05, 4.69) is 13.5 Å². The third-order valence-electron chi connectivity index (χ3n) is 3.23. The zero-order chi connectivity index (χ0) is 14.5. The van der Waals surface area contributed by atoms with Crippen molar-refractivity contribution in [3.05, 3.63) is 30.3 Å².